The molecular formula is C81H96Cl2N4O22S5. The van der Waals surface area contributed by atoms with E-state index in [1.165, 1.54) is 48.5 Å². The van der Waals surface area contributed by atoms with Gasteiger partial charge in [0, 0.05) is 52.8 Å². The Bertz CT molecular complexity index is 3800. The van der Waals surface area contributed by atoms with Crippen molar-refractivity contribution in [2.45, 2.75) is 187 Å². The predicted molar refractivity (Wildman–Crippen MR) is 426 cm³/mol. The van der Waals surface area contributed by atoms with Gasteiger partial charge >= 0.3 is 53.7 Å². The molecule has 3 heterocycles. The largest absolute Gasteiger partial charge is 0.507 e. The number of ether oxygens (including phenoxy) is 9. The summed E-state index contributed by atoms with van der Waals surface area (Å²) >= 11 is 4.60. The standard InChI is InChI=1S/C48H56N2O12S2.C19H28O6.C10H4N2O2S2.C4H8O.Cl2OS/c1-4-40(51)57-24-26-59-44(53)33-14-6-29(7-15-33)31-10-18-35(19-11-31)46(55)61-38-22-23-39(43-42(38)63-48(64-43)37(28-49)50-3)62-47(56)36-20-12-32(13-21-36)30-8-16-34(17-9-30)45(54)60-27-25-58-41(52)5-2;1-2-17(20)24-11-12-25-19(23)16-9-5-14(6-10-16)13-3-7-15(8-4-13)18(21)22;1-12-5(4-11)10-15-8-6(13)2-3-7(14)9(8)16-10;1-2-4-5-3-1;1-4(2)3/h4-5,22-23,29-36H,1-2,6-21,24-27H2;2,13-16H,1,3-12H2,(H,21,22);2-3,13-14H;1-4H2;. The number of nitrogens with zero attached hydrogens (tertiary/aromatic N) is 4. The molecule has 0 radical (unpaired) electrons. The van der Waals surface area contributed by atoms with Crippen LogP contribution in [0.5, 0.6) is 23.0 Å². The first-order chi connectivity index (χ1) is 54.9. The molecule has 2 aromatic carbocycles. The van der Waals surface area contributed by atoms with Gasteiger partial charge < -0.3 is 58.0 Å². The quantitative estimate of drug-likeness (QED) is 0.0107. The number of thioether (sulfide) groups is 4. The third-order valence-electron chi connectivity index (χ3n) is 21.8. The van der Waals surface area contributed by atoms with Crippen LogP contribution in [0.25, 0.3) is 9.69 Å². The molecule has 2 aromatic rings. The Morgan fingerprint density at radius 1 is 0.439 bits per heavy atom. The van der Waals surface area contributed by atoms with Crippen LogP contribution in [0.4, 0.5) is 0 Å². The van der Waals surface area contributed by atoms with E-state index in [0.29, 0.717) is 101 Å². The molecule has 0 aromatic heterocycles. The highest BCUT2D eigenvalue weighted by atomic mass is 36.0. The number of carboxylic acids is 1. The van der Waals surface area contributed by atoms with Crippen LogP contribution in [0, 0.1) is 107 Å². The maximum absolute atomic E-state index is 13.6. The number of benzene rings is 2. The van der Waals surface area contributed by atoms with Crippen molar-refractivity contribution in [2.24, 2.45) is 71.0 Å². The summed E-state index contributed by atoms with van der Waals surface area (Å²) < 4.78 is 57.4. The molecule has 6 aliphatic carbocycles. The molecule has 0 amide bonds. The Morgan fingerprint density at radius 2 is 0.684 bits per heavy atom. The third kappa shape index (κ3) is 29.3. The van der Waals surface area contributed by atoms with Crippen molar-refractivity contribution >= 4 is 131 Å². The van der Waals surface area contributed by atoms with Crippen molar-refractivity contribution in [3.05, 3.63) is 105 Å². The molecular weight excluding hydrogens is 1610 g/mol. The Morgan fingerprint density at radius 3 is 0.912 bits per heavy atom. The first-order valence-electron chi connectivity index (χ1n) is 38.3. The van der Waals surface area contributed by atoms with Crippen LogP contribution in [0.2, 0.25) is 0 Å². The summed E-state index contributed by atoms with van der Waals surface area (Å²) in [6.45, 7) is 26.5. The second kappa shape index (κ2) is 49.2. The van der Waals surface area contributed by atoms with Gasteiger partial charge in [0.05, 0.1) is 88.8 Å². The van der Waals surface area contributed by atoms with E-state index < -0.39 is 33.1 Å². The molecule has 0 bridgehead atoms. The molecule has 0 spiro atoms. The lowest BCUT2D eigenvalue weighted by Gasteiger charge is -2.36. The van der Waals surface area contributed by atoms with Crippen LogP contribution in [0.3, 0.4) is 0 Å². The molecule has 1 saturated heterocycles. The molecule has 11 rings (SSSR count). The molecule has 7 fully saturated rings. The maximum Gasteiger partial charge on any atom is 0.330 e. The number of carbonyl (C=O) groups is 9. The summed E-state index contributed by atoms with van der Waals surface area (Å²) in [4.78, 5) is 117. The van der Waals surface area contributed by atoms with Crippen LogP contribution in [0.1, 0.15) is 167 Å². The number of phenolic OH excluding ortho intramolecular Hbond substituents is 2. The third-order valence-corrected chi connectivity index (χ3v) is 27.0. The van der Waals surface area contributed by atoms with Gasteiger partial charge in [-0.3, -0.25) is 28.8 Å². The van der Waals surface area contributed by atoms with E-state index in [1.54, 1.807) is 18.2 Å². The van der Waals surface area contributed by atoms with E-state index in [4.69, 9.17) is 70.4 Å². The number of rotatable bonds is 23. The monoisotopic (exact) mass is 1710 g/mol. The lowest BCUT2D eigenvalue weighted by atomic mass is 9.69. The number of aromatic hydroxyl groups is 2. The van der Waals surface area contributed by atoms with Crippen LogP contribution in [-0.4, -0.2) is 126 Å². The molecule has 114 heavy (non-hydrogen) atoms. The van der Waals surface area contributed by atoms with Gasteiger partial charge in [0.15, 0.2) is 0 Å². The first kappa shape index (κ1) is 93.2. The zero-order valence-electron chi connectivity index (χ0n) is 63.3. The number of fused-ring (bicyclic) bond motifs is 2. The van der Waals surface area contributed by atoms with Crippen LogP contribution >= 0.6 is 68.4 Å². The summed E-state index contributed by atoms with van der Waals surface area (Å²) in [5.74, 6) is -1.07. The summed E-state index contributed by atoms with van der Waals surface area (Å²) in [5.41, 5.74) is -0.114. The minimum atomic E-state index is -1.67. The fraction of sp³-hybridized carbons (Fsp3) is 0.568. The number of hydrogen-bond acceptors (Lipinski definition) is 27. The fourth-order valence-electron chi connectivity index (χ4n) is 15.7. The van der Waals surface area contributed by atoms with E-state index in [9.17, 15) is 58.6 Å². The Labute approximate surface area is 693 Å². The highest BCUT2D eigenvalue weighted by Gasteiger charge is 2.41. The van der Waals surface area contributed by atoms with E-state index in [0.717, 1.165) is 183 Å². The maximum atomic E-state index is 13.6. The number of phenols is 2. The number of esters is 8. The topological polar surface area (TPSA) is 371 Å². The first-order valence-corrected chi connectivity index (χ1v) is 44.3. The molecule has 0 unspecified atom stereocenters. The van der Waals surface area contributed by atoms with Crippen LogP contribution in [0.15, 0.2) is 102 Å². The van der Waals surface area contributed by atoms with E-state index >= 15 is 0 Å². The smallest absolute Gasteiger partial charge is 0.330 e. The Kier molecular flexibility index (Phi) is 40.2. The summed E-state index contributed by atoms with van der Waals surface area (Å²) in [7, 11) is 7.36. The van der Waals surface area contributed by atoms with Crippen molar-refractivity contribution in [3.63, 3.8) is 0 Å². The minimum Gasteiger partial charge on any atom is -0.507 e. The van der Waals surface area contributed by atoms with Crippen LogP contribution in [-0.2, 0) is 85.5 Å². The second-order valence-electron chi connectivity index (χ2n) is 28.6. The molecule has 26 nitrogen and oxygen atoms in total. The number of allylic oxidation sites excluding steroid dienone is 2. The van der Waals surface area contributed by atoms with Crippen LogP contribution < -0.4 is 9.47 Å². The number of hydrogen-bond donors (Lipinski definition) is 3. The second-order valence-corrected chi connectivity index (χ2v) is 35.7. The van der Waals surface area contributed by atoms with Gasteiger partial charge in [0.25, 0.3) is 11.4 Å². The van der Waals surface area contributed by atoms with Gasteiger partial charge in [0.1, 0.15) is 62.6 Å². The van der Waals surface area contributed by atoms with Gasteiger partial charge in [-0.1, -0.05) is 66.8 Å². The van der Waals surface area contributed by atoms with Gasteiger partial charge in [-0.05, 0) is 227 Å². The van der Waals surface area contributed by atoms with Crippen molar-refractivity contribution in [1.82, 2.24) is 0 Å². The lowest BCUT2D eigenvalue weighted by Crippen LogP contribution is -2.32. The summed E-state index contributed by atoms with van der Waals surface area (Å²) in [6, 6.07) is 9.76. The average molecular weight is 1710 g/mol. The molecule has 616 valence electrons. The van der Waals surface area contributed by atoms with Gasteiger partial charge in [-0.15, -0.1) is 0 Å². The number of aliphatic carboxylic acids is 1. The number of nitriles is 2. The summed E-state index contributed by atoms with van der Waals surface area (Å²) in [6.07, 6.45) is 25.9. The number of carbonyl (C=O) groups excluding carboxylic acids is 8. The minimum absolute atomic E-state index is 0.000488. The summed E-state index contributed by atoms with van der Waals surface area (Å²) in [5, 5.41) is 46.6. The van der Waals surface area contributed by atoms with E-state index in [-0.39, 0.29) is 128 Å². The van der Waals surface area contributed by atoms with Gasteiger partial charge in [-0.2, -0.15) is 0 Å². The SMILES string of the molecule is C1CCOC1.C=CC(=O)OCCOC(=O)C1CCC(C2CCC(C(=O)O)CC2)CC1.O=S(Cl)Cl.[C-]#[N+]C(C#N)=C1Sc2c(O)ccc(O)c2S1.[C-]#[N+]C(C#N)=C1Sc2c(OC(=O)C3CCC(C4CCC(C(=O)OCCOC(=O)C=C)CC4)CC3)ccc(OC(=O)C3CCC(C4CCC(C(=O)OCCOC(=O)C=C)CC4)CC3)c2S1. The number of carboxylic acid groups (broad SMARTS) is 1. The molecule has 3 N–H and O–H groups in total. The van der Waals surface area contributed by atoms with Crippen molar-refractivity contribution < 1.29 is 105 Å². The predicted octanol–water partition coefficient (Wildman–Crippen LogP) is 16.8. The Balaban J connectivity index is 0.000000288. The molecule has 9 aliphatic rings. The van der Waals surface area contributed by atoms with Gasteiger partial charge in [-0.25, -0.2) is 38.8 Å². The highest BCUT2D eigenvalue weighted by Crippen LogP contribution is 2.60. The zero-order chi connectivity index (χ0) is 82.6. The zero-order valence-corrected chi connectivity index (χ0v) is 68.9. The highest BCUT2D eigenvalue weighted by molar-refractivity contribution is 8.26. The molecule has 3 aliphatic heterocycles. The van der Waals surface area contributed by atoms with Gasteiger partial charge in [0.2, 0.25) is 9.23 Å². The number of halogens is 2. The fourth-order valence-corrected chi connectivity index (χ4v) is 20.6. The Hall–Kier alpha value is -7.98. The van der Waals surface area contributed by atoms with Crippen molar-refractivity contribution in [2.75, 3.05) is 52.9 Å². The normalized spacial score (nSPS) is 24.4. The lowest BCUT2D eigenvalue weighted by molar-refractivity contribution is -0.154. The molecule has 6 saturated carbocycles. The van der Waals surface area contributed by atoms with E-state index in [1.807, 2.05) is 6.07 Å². The molecule has 33 heteroatoms. The van der Waals surface area contributed by atoms with Crippen molar-refractivity contribution in [3.8, 4) is 35.1 Å². The molecule has 0 atom stereocenters. The average Bonchev–Trinajstić information content (AvgIpc) is 1.67. The van der Waals surface area contributed by atoms with Crippen molar-refractivity contribution in [1.29, 1.82) is 10.5 Å². The van der Waals surface area contributed by atoms with E-state index in [2.05, 4.69) is 50.8 Å².